The standard InChI is InChI=1S/C19H19F3N6O3S/c20-19(21,22)14-25-15(23)28-7-13(24-16(28)26-14)11-2-1-3-12(6-11)32(30,31)27-18-5-4-17(8-18,9-18)10-29/h1-3,6-7,27,29H,4-5,8-10H2,(H2,23,24,25,26). The molecular formula is C19H19F3N6O3S. The van der Waals surface area contributed by atoms with E-state index in [0.29, 0.717) is 24.8 Å². The summed E-state index contributed by atoms with van der Waals surface area (Å²) < 4.78 is 68.8. The van der Waals surface area contributed by atoms with Gasteiger partial charge in [0.1, 0.15) is 0 Å². The number of sulfonamides is 1. The van der Waals surface area contributed by atoms with Gasteiger partial charge in [-0.3, -0.25) is 4.40 Å². The Morgan fingerprint density at radius 2 is 1.94 bits per heavy atom. The van der Waals surface area contributed by atoms with Gasteiger partial charge in [0, 0.05) is 23.9 Å². The number of aromatic nitrogens is 4. The molecule has 0 unspecified atom stereocenters. The number of benzene rings is 1. The minimum Gasteiger partial charge on any atom is -0.396 e. The van der Waals surface area contributed by atoms with Crippen LogP contribution in [-0.4, -0.2) is 45.0 Å². The molecule has 170 valence electrons. The van der Waals surface area contributed by atoms with Crippen LogP contribution < -0.4 is 10.5 Å². The number of hydrogen-bond acceptors (Lipinski definition) is 7. The predicted octanol–water partition coefficient (Wildman–Crippen LogP) is 1.98. The van der Waals surface area contributed by atoms with Crippen molar-refractivity contribution >= 4 is 21.7 Å². The van der Waals surface area contributed by atoms with E-state index < -0.39 is 33.5 Å². The van der Waals surface area contributed by atoms with Gasteiger partial charge in [0.25, 0.3) is 0 Å². The number of nitrogens with zero attached hydrogens (tertiary/aromatic N) is 4. The fraction of sp³-hybridized carbons (Fsp3) is 0.421. The van der Waals surface area contributed by atoms with Crippen LogP contribution in [0, 0.1) is 5.41 Å². The molecule has 0 atom stereocenters. The largest absolute Gasteiger partial charge is 0.451 e. The van der Waals surface area contributed by atoms with Crippen molar-refractivity contribution in [3.63, 3.8) is 0 Å². The van der Waals surface area contributed by atoms with Gasteiger partial charge >= 0.3 is 6.18 Å². The van der Waals surface area contributed by atoms with Crippen molar-refractivity contribution in [3.8, 4) is 11.3 Å². The van der Waals surface area contributed by atoms with Gasteiger partial charge in [-0.1, -0.05) is 12.1 Å². The number of hydrogen-bond donors (Lipinski definition) is 3. The summed E-state index contributed by atoms with van der Waals surface area (Å²) in [7, 11) is -3.86. The molecule has 0 radical (unpaired) electrons. The number of halogens is 3. The van der Waals surface area contributed by atoms with Crippen LogP contribution in [0.4, 0.5) is 19.1 Å². The Morgan fingerprint density at radius 3 is 2.59 bits per heavy atom. The zero-order chi connectivity index (χ0) is 22.9. The summed E-state index contributed by atoms with van der Waals surface area (Å²) >= 11 is 0. The van der Waals surface area contributed by atoms with Crippen molar-refractivity contribution in [2.24, 2.45) is 5.41 Å². The summed E-state index contributed by atoms with van der Waals surface area (Å²) in [4.78, 5) is 10.7. The molecule has 3 aliphatic carbocycles. The van der Waals surface area contributed by atoms with Crippen LogP contribution >= 0.6 is 0 Å². The van der Waals surface area contributed by atoms with E-state index in [-0.39, 0.29) is 28.4 Å². The number of imidazole rings is 1. The summed E-state index contributed by atoms with van der Waals surface area (Å²) in [5, 5.41) is 9.53. The molecule has 3 saturated carbocycles. The third-order valence-electron chi connectivity index (χ3n) is 6.30. The minimum atomic E-state index is -4.78. The van der Waals surface area contributed by atoms with Crippen LogP contribution in [-0.2, 0) is 16.2 Å². The lowest BCUT2D eigenvalue weighted by molar-refractivity contribution is -0.144. The van der Waals surface area contributed by atoms with Gasteiger partial charge in [-0.25, -0.2) is 18.1 Å². The third-order valence-corrected chi connectivity index (χ3v) is 7.88. The molecular weight excluding hydrogens is 449 g/mol. The van der Waals surface area contributed by atoms with Crippen LogP contribution in [0.3, 0.4) is 0 Å². The van der Waals surface area contributed by atoms with E-state index in [1.54, 1.807) is 6.07 Å². The molecule has 13 heteroatoms. The number of rotatable bonds is 5. The topological polar surface area (TPSA) is 135 Å². The number of anilines is 1. The molecule has 3 fully saturated rings. The van der Waals surface area contributed by atoms with Crippen LogP contribution in [0.5, 0.6) is 0 Å². The first-order chi connectivity index (χ1) is 14.9. The Bertz CT molecular complexity index is 1330. The molecule has 0 spiro atoms. The van der Waals surface area contributed by atoms with Crippen molar-refractivity contribution < 1.29 is 26.7 Å². The third kappa shape index (κ3) is 3.31. The molecule has 2 aromatic heterocycles. The monoisotopic (exact) mass is 468 g/mol. The van der Waals surface area contributed by atoms with Crippen molar-refractivity contribution in [2.45, 2.75) is 42.3 Å². The predicted molar refractivity (Wildman–Crippen MR) is 107 cm³/mol. The fourth-order valence-corrected chi connectivity index (χ4v) is 6.36. The molecule has 9 nitrogen and oxygen atoms in total. The number of nitrogens with one attached hydrogen (secondary N) is 1. The Hall–Kier alpha value is -2.77. The molecule has 6 rings (SSSR count). The lowest BCUT2D eigenvalue weighted by atomic mass is 9.66. The summed E-state index contributed by atoms with van der Waals surface area (Å²) in [6.45, 7) is 0.0436. The van der Waals surface area contributed by atoms with Crippen LogP contribution in [0.25, 0.3) is 17.0 Å². The smallest absolute Gasteiger partial charge is 0.396 e. The first kappa shape index (κ1) is 21.1. The van der Waals surface area contributed by atoms with Gasteiger partial charge in [-0.05, 0) is 43.2 Å². The molecule has 0 amide bonds. The van der Waals surface area contributed by atoms with Crippen LogP contribution in [0.15, 0.2) is 35.4 Å². The molecule has 4 N–H and O–H groups in total. The van der Waals surface area contributed by atoms with Crippen molar-refractivity contribution in [1.29, 1.82) is 0 Å². The normalized spacial score (nSPS) is 25.2. The molecule has 3 aliphatic rings. The number of nitrogens with two attached hydrogens (primary N) is 1. The van der Waals surface area contributed by atoms with E-state index in [9.17, 15) is 26.7 Å². The highest BCUT2D eigenvalue weighted by Gasteiger charge is 2.61. The van der Waals surface area contributed by atoms with Crippen molar-refractivity contribution in [1.82, 2.24) is 24.1 Å². The van der Waals surface area contributed by atoms with E-state index in [1.165, 1.54) is 24.4 Å². The van der Waals surface area contributed by atoms with Crippen molar-refractivity contribution in [2.75, 3.05) is 12.3 Å². The Morgan fingerprint density at radius 1 is 1.19 bits per heavy atom. The van der Waals surface area contributed by atoms with E-state index in [1.807, 2.05) is 0 Å². The molecule has 3 aromatic rings. The number of fused-ring (bicyclic) bond motifs is 2. The van der Waals surface area contributed by atoms with Gasteiger partial charge in [0.05, 0.1) is 10.6 Å². The Kier molecular flexibility index (Phi) is 4.36. The maximum atomic E-state index is 13.0. The molecule has 32 heavy (non-hydrogen) atoms. The number of aliphatic hydroxyl groups excluding tert-OH is 1. The number of nitrogen functional groups attached to an aromatic ring is 1. The second-order valence-corrected chi connectivity index (χ2v) is 10.3. The van der Waals surface area contributed by atoms with Crippen LogP contribution in [0.2, 0.25) is 0 Å². The maximum Gasteiger partial charge on any atom is 0.451 e. The van der Waals surface area contributed by atoms with Gasteiger partial charge in [-0.15, -0.1) is 0 Å². The first-order valence-electron chi connectivity index (χ1n) is 9.80. The summed E-state index contributed by atoms with van der Waals surface area (Å²) in [6.07, 6.45) is -0.797. The number of alkyl halides is 3. The quantitative estimate of drug-likeness (QED) is 0.521. The van der Waals surface area contributed by atoms with Gasteiger partial charge in [0.2, 0.25) is 27.6 Å². The summed E-state index contributed by atoms with van der Waals surface area (Å²) in [5.74, 6) is -2.15. The summed E-state index contributed by atoms with van der Waals surface area (Å²) in [5.41, 5.74) is 5.47. The molecule has 2 bridgehead atoms. The lowest BCUT2D eigenvalue weighted by Gasteiger charge is -2.46. The Labute approximate surface area is 180 Å². The molecule has 1 aromatic carbocycles. The Balaban J connectivity index is 1.47. The second kappa shape index (κ2) is 6.62. The zero-order valence-corrected chi connectivity index (χ0v) is 17.4. The van der Waals surface area contributed by atoms with Crippen molar-refractivity contribution in [3.05, 3.63) is 36.3 Å². The summed E-state index contributed by atoms with van der Waals surface area (Å²) in [6, 6.07) is 5.93. The lowest BCUT2D eigenvalue weighted by Crippen LogP contribution is -2.56. The van der Waals surface area contributed by atoms with Crippen LogP contribution in [0.1, 0.15) is 31.5 Å². The number of aliphatic hydroxyl groups is 1. The fourth-order valence-electron chi connectivity index (χ4n) is 4.89. The zero-order valence-electron chi connectivity index (χ0n) is 16.6. The van der Waals surface area contributed by atoms with E-state index in [2.05, 4.69) is 19.7 Å². The highest BCUT2D eigenvalue weighted by molar-refractivity contribution is 7.89. The average Bonchev–Trinajstić information content (AvgIpc) is 3.38. The SMILES string of the molecule is Nc1nc(C(F)(F)F)nc2nc(-c3cccc(S(=O)(=O)NC45CCC(CO)(C4)C5)c3)cn12. The first-order valence-corrected chi connectivity index (χ1v) is 11.3. The maximum absolute atomic E-state index is 13.0. The van der Waals surface area contributed by atoms with Gasteiger partial charge in [0.15, 0.2) is 0 Å². The second-order valence-electron chi connectivity index (χ2n) is 8.62. The highest BCUT2D eigenvalue weighted by Crippen LogP contribution is 2.61. The van der Waals surface area contributed by atoms with E-state index >= 15 is 0 Å². The average molecular weight is 468 g/mol. The molecule has 0 aliphatic heterocycles. The minimum absolute atomic E-state index is 0.00451. The molecule has 2 heterocycles. The van der Waals surface area contributed by atoms with E-state index in [4.69, 9.17) is 5.73 Å². The van der Waals surface area contributed by atoms with Gasteiger partial charge < -0.3 is 10.8 Å². The van der Waals surface area contributed by atoms with Gasteiger partial charge in [-0.2, -0.15) is 23.1 Å². The van der Waals surface area contributed by atoms with E-state index in [0.717, 1.165) is 10.8 Å². The highest BCUT2D eigenvalue weighted by atomic mass is 32.2. The molecule has 0 saturated heterocycles.